The topological polar surface area (TPSA) is 93.0 Å². The standard InChI is InChI=1S/C20H24N6O2.ClH/c1-21-19(27)13-25-9-6-14-4-5-15(11-18(14)25)23-20(28)17-7-10-26(24-17)16-3-2-8-22-12-16;/h4-7,9-11,16,22H,2-3,8,12-13H2,1H3,(H,21,27)(H,23,28);1H. The van der Waals surface area contributed by atoms with Crippen LogP contribution in [0.4, 0.5) is 5.69 Å². The van der Waals surface area contributed by atoms with Crippen LogP contribution in [0.2, 0.25) is 0 Å². The Morgan fingerprint density at radius 3 is 2.86 bits per heavy atom. The minimum Gasteiger partial charge on any atom is -0.358 e. The number of benzene rings is 1. The van der Waals surface area contributed by atoms with Crippen LogP contribution in [0.3, 0.4) is 0 Å². The van der Waals surface area contributed by atoms with Crippen LogP contribution in [-0.4, -0.2) is 46.3 Å². The molecule has 0 radical (unpaired) electrons. The van der Waals surface area contributed by atoms with Gasteiger partial charge in [0.05, 0.1) is 11.6 Å². The van der Waals surface area contributed by atoms with Gasteiger partial charge >= 0.3 is 0 Å². The number of amides is 2. The maximum Gasteiger partial charge on any atom is 0.276 e. The zero-order valence-corrected chi connectivity index (χ0v) is 17.0. The Labute approximate surface area is 175 Å². The first kappa shape index (κ1) is 20.9. The van der Waals surface area contributed by atoms with Gasteiger partial charge in [0.15, 0.2) is 5.69 Å². The highest BCUT2D eigenvalue weighted by molar-refractivity contribution is 6.03. The van der Waals surface area contributed by atoms with Gasteiger partial charge in [0.1, 0.15) is 6.54 Å². The van der Waals surface area contributed by atoms with Crippen LogP contribution in [0.15, 0.2) is 42.7 Å². The fourth-order valence-electron chi connectivity index (χ4n) is 3.55. The smallest absolute Gasteiger partial charge is 0.276 e. The van der Waals surface area contributed by atoms with Gasteiger partial charge in [-0.05, 0) is 49.0 Å². The summed E-state index contributed by atoms with van der Waals surface area (Å²) in [6, 6.07) is 9.64. The molecule has 1 fully saturated rings. The number of carbonyl (C=O) groups is 2. The summed E-state index contributed by atoms with van der Waals surface area (Å²) in [7, 11) is 1.61. The van der Waals surface area contributed by atoms with E-state index in [9.17, 15) is 9.59 Å². The molecule has 3 N–H and O–H groups in total. The molecular formula is C20H25ClN6O2. The Morgan fingerprint density at radius 2 is 2.10 bits per heavy atom. The maximum atomic E-state index is 12.6. The van der Waals surface area contributed by atoms with Crippen LogP contribution in [0.25, 0.3) is 10.9 Å². The zero-order valence-electron chi connectivity index (χ0n) is 16.2. The number of likely N-dealkylation sites (N-methyl/N-ethyl adjacent to an activating group) is 1. The zero-order chi connectivity index (χ0) is 19.5. The quantitative estimate of drug-likeness (QED) is 0.594. The lowest BCUT2D eigenvalue weighted by Gasteiger charge is -2.22. The predicted octanol–water partition coefficient (Wildman–Crippen LogP) is 2.18. The van der Waals surface area contributed by atoms with Crippen molar-refractivity contribution >= 4 is 40.8 Å². The average molecular weight is 417 g/mol. The van der Waals surface area contributed by atoms with Gasteiger partial charge in [-0.2, -0.15) is 5.10 Å². The third kappa shape index (κ3) is 4.60. The number of nitrogens with zero attached hydrogens (tertiary/aromatic N) is 3. The SMILES string of the molecule is CNC(=O)Cn1ccc2ccc(NC(=O)c3ccn(C4CCCNC4)n3)cc21.Cl. The number of carbonyl (C=O) groups excluding carboxylic acids is 2. The number of hydrogen-bond donors (Lipinski definition) is 3. The number of anilines is 1. The van der Waals surface area contributed by atoms with Crippen molar-refractivity contribution in [1.29, 1.82) is 0 Å². The first-order chi connectivity index (χ1) is 13.6. The van der Waals surface area contributed by atoms with E-state index in [4.69, 9.17) is 0 Å². The van der Waals surface area contributed by atoms with Gasteiger partial charge in [-0.25, -0.2) is 0 Å². The van der Waals surface area contributed by atoms with E-state index in [1.54, 1.807) is 13.1 Å². The van der Waals surface area contributed by atoms with Crippen LogP contribution in [-0.2, 0) is 11.3 Å². The second-order valence-electron chi connectivity index (χ2n) is 7.03. The summed E-state index contributed by atoms with van der Waals surface area (Å²) in [5.74, 6) is -0.319. The highest BCUT2D eigenvalue weighted by Gasteiger charge is 2.18. The van der Waals surface area contributed by atoms with Crippen LogP contribution in [0.1, 0.15) is 29.4 Å². The minimum absolute atomic E-state index is 0. The fourth-order valence-corrected chi connectivity index (χ4v) is 3.55. The van der Waals surface area contributed by atoms with Crippen molar-refractivity contribution in [1.82, 2.24) is 25.0 Å². The van der Waals surface area contributed by atoms with E-state index in [1.807, 2.05) is 45.9 Å². The van der Waals surface area contributed by atoms with E-state index in [0.29, 0.717) is 17.4 Å². The average Bonchev–Trinajstić information content (AvgIpc) is 3.36. The summed E-state index contributed by atoms with van der Waals surface area (Å²) in [5.41, 5.74) is 1.95. The molecule has 4 rings (SSSR count). The third-order valence-electron chi connectivity index (χ3n) is 5.11. The molecule has 2 amide bonds. The molecule has 1 saturated heterocycles. The lowest BCUT2D eigenvalue weighted by Crippen LogP contribution is -2.32. The molecule has 0 bridgehead atoms. The van der Waals surface area contributed by atoms with Gasteiger partial charge in [-0.15, -0.1) is 12.4 Å². The molecule has 9 heteroatoms. The minimum atomic E-state index is -0.244. The van der Waals surface area contributed by atoms with Crippen molar-refractivity contribution in [2.24, 2.45) is 0 Å². The lowest BCUT2D eigenvalue weighted by molar-refractivity contribution is -0.121. The van der Waals surface area contributed by atoms with Crippen molar-refractivity contribution in [3.63, 3.8) is 0 Å². The second-order valence-corrected chi connectivity index (χ2v) is 7.03. The Bertz CT molecular complexity index is 1010. The van der Waals surface area contributed by atoms with Crippen LogP contribution < -0.4 is 16.0 Å². The number of rotatable bonds is 5. The van der Waals surface area contributed by atoms with E-state index in [1.165, 1.54) is 0 Å². The molecule has 1 unspecified atom stereocenters. The van der Waals surface area contributed by atoms with Crippen molar-refractivity contribution in [2.75, 3.05) is 25.5 Å². The number of aromatic nitrogens is 3. The molecule has 154 valence electrons. The molecular weight excluding hydrogens is 392 g/mol. The molecule has 8 nitrogen and oxygen atoms in total. The predicted molar refractivity (Wildman–Crippen MR) is 115 cm³/mol. The number of hydrogen-bond acceptors (Lipinski definition) is 4. The Balaban J connectivity index is 0.00000240. The number of piperidine rings is 1. The van der Waals surface area contributed by atoms with E-state index in [0.717, 1.165) is 36.8 Å². The molecule has 1 atom stereocenters. The lowest BCUT2D eigenvalue weighted by atomic mass is 10.1. The molecule has 1 aliphatic heterocycles. The van der Waals surface area contributed by atoms with Gasteiger partial charge in [-0.1, -0.05) is 6.07 Å². The van der Waals surface area contributed by atoms with Crippen molar-refractivity contribution in [2.45, 2.75) is 25.4 Å². The van der Waals surface area contributed by atoms with Gasteiger partial charge in [0, 0.05) is 31.7 Å². The summed E-state index contributed by atoms with van der Waals surface area (Å²) in [6.07, 6.45) is 5.91. The number of nitrogens with one attached hydrogen (secondary N) is 3. The highest BCUT2D eigenvalue weighted by Crippen LogP contribution is 2.21. The van der Waals surface area contributed by atoms with Gasteiger partial charge < -0.3 is 20.5 Å². The summed E-state index contributed by atoms with van der Waals surface area (Å²) in [6.45, 7) is 2.15. The number of halogens is 1. The Morgan fingerprint density at radius 1 is 1.24 bits per heavy atom. The van der Waals surface area contributed by atoms with E-state index in [2.05, 4.69) is 21.0 Å². The van der Waals surface area contributed by atoms with E-state index < -0.39 is 0 Å². The largest absolute Gasteiger partial charge is 0.358 e. The van der Waals surface area contributed by atoms with Crippen LogP contribution >= 0.6 is 12.4 Å². The summed E-state index contributed by atoms with van der Waals surface area (Å²) >= 11 is 0. The van der Waals surface area contributed by atoms with Gasteiger partial charge in [0.2, 0.25) is 5.91 Å². The van der Waals surface area contributed by atoms with Crippen LogP contribution in [0, 0.1) is 0 Å². The van der Waals surface area contributed by atoms with Crippen molar-refractivity contribution in [3.8, 4) is 0 Å². The maximum absolute atomic E-state index is 12.6. The molecule has 0 saturated carbocycles. The third-order valence-corrected chi connectivity index (χ3v) is 5.11. The van der Waals surface area contributed by atoms with Crippen molar-refractivity contribution in [3.05, 3.63) is 48.4 Å². The fraction of sp³-hybridized carbons (Fsp3) is 0.350. The molecule has 29 heavy (non-hydrogen) atoms. The molecule has 0 spiro atoms. The first-order valence-electron chi connectivity index (χ1n) is 9.51. The van der Waals surface area contributed by atoms with Gasteiger partial charge in [-0.3, -0.25) is 14.3 Å². The molecule has 1 aliphatic rings. The number of fused-ring (bicyclic) bond motifs is 1. The highest BCUT2D eigenvalue weighted by atomic mass is 35.5. The Hall–Kier alpha value is -2.84. The first-order valence-corrected chi connectivity index (χ1v) is 9.51. The van der Waals surface area contributed by atoms with E-state index in [-0.39, 0.29) is 30.8 Å². The van der Waals surface area contributed by atoms with Crippen LogP contribution in [0.5, 0.6) is 0 Å². The van der Waals surface area contributed by atoms with E-state index >= 15 is 0 Å². The monoisotopic (exact) mass is 416 g/mol. The van der Waals surface area contributed by atoms with Gasteiger partial charge in [0.25, 0.3) is 5.91 Å². The summed E-state index contributed by atoms with van der Waals surface area (Å²) < 4.78 is 3.73. The van der Waals surface area contributed by atoms with Crippen molar-refractivity contribution < 1.29 is 9.59 Å². The molecule has 2 aromatic heterocycles. The molecule has 3 aromatic rings. The normalized spacial score (nSPS) is 16.2. The summed E-state index contributed by atoms with van der Waals surface area (Å²) in [5, 5.41) is 14.4. The molecule has 1 aromatic carbocycles. The summed E-state index contributed by atoms with van der Waals surface area (Å²) in [4.78, 5) is 24.3. The molecule has 3 heterocycles. The molecule has 0 aliphatic carbocycles. The second kappa shape index (κ2) is 9.11. The Kier molecular flexibility index (Phi) is 6.56.